The number of nitrogens with zero attached hydrogens (tertiary/aromatic N) is 3. The maximum atomic E-state index is 12.7. The molecule has 2 rings (SSSR count). The summed E-state index contributed by atoms with van der Waals surface area (Å²) in [4.78, 5) is 0.283. The first-order valence-corrected chi connectivity index (χ1v) is 9.31. The Kier molecular flexibility index (Phi) is 5.49. The third kappa shape index (κ3) is 3.76. The Hall–Kier alpha value is -1.37. The minimum Gasteiger partial charge on any atom is -0.270 e. The van der Waals surface area contributed by atoms with Gasteiger partial charge in [0.2, 0.25) is 10.0 Å². The Balaban J connectivity index is 2.23. The molecule has 0 aliphatic heterocycles. The summed E-state index contributed by atoms with van der Waals surface area (Å²) in [7, 11) is -0.283. The minimum atomic E-state index is -3.56. The van der Waals surface area contributed by atoms with Crippen molar-refractivity contribution in [3.8, 4) is 0 Å². The number of benzene rings is 1. The van der Waals surface area contributed by atoms with Crippen molar-refractivity contribution in [2.75, 3.05) is 7.05 Å². The monoisotopic (exact) mass is 355 g/mol. The lowest BCUT2D eigenvalue weighted by Gasteiger charge is -2.18. The van der Waals surface area contributed by atoms with Crippen LogP contribution in [0.3, 0.4) is 0 Å². The van der Waals surface area contributed by atoms with E-state index in [0.717, 1.165) is 12.0 Å². The van der Waals surface area contributed by atoms with Crippen LogP contribution >= 0.6 is 11.6 Å². The van der Waals surface area contributed by atoms with Gasteiger partial charge in [-0.15, -0.1) is 0 Å². The maximum Gasteiger partial charge on any atom is 0.243 e. The molecule has 0 unspecified atom stereocenters. The van der Waals surface area contributed by atoms with Crippen molar-refractivity contribution in [2.24, 2.45) is 7.05 Å². The molecule has 0 aliphatic carbocycles. The molecule has 1 aromatic carbocycles. The van der Waals surface area contributed by atoms with Crippen molar-refractivity contribution >= 4 is 21.6 Å². The maximum absolute atomic E-state index is 12.7. The van der Waals surface area contributed by atoms with Gasteiger partial charge in [0.1, 0.15) is 0 Å². The lowest BCUT2D eigenvalue weighted by molar-refractivity contribution is 0.453. The number of hydrogen-bond donors (Lipinski definition) is 0. The van der Waals surface area contributed by atoms with Crippen LogP contribution in [0, 0.1) is 0 Å². The van der Waals surface area contributed by atoms with Crippen LogP contribution in [-0.2, 0) is 23.6 Å². The highest BCUT2D eigenvalue weighted by molar-refractivity contribution is 7.89. The Morgan fingerprint density at radius 1 is 1.30 bits per heavy atom. The first kappa shape index (κ1) is 18.0. The van der Waals surface area contributed by atoms with Gasteiger partial charge >= 0.3 is 0 Å². The summed E-state index contributed by atoms with van der Waals surface area (Å²) < 4.78 is 28.2. The first-order chi connectivity index (χ1) is 10.8. The van der Waals surface area contributed by atoms with E-state index in [1.54, 1.807) is 30.9 Å². The Bertz CT molecular complexity index is 750. The molecule has 5 nitrogen and oxygen atoms in total. The number of rotatable bonds is 6. The Labute approximate surface area is 142 Å². The summed E-state index contributed by atoms with van der Waals surface area (Å²) in [6, 6.07) is 7.09. The highest BCUT2D eigenvalue weighted by Crippen LogP contribution is 2.23. The molecular formula is C16H22ClN3O2S. The second-order valence-corrected chi connectivity index (χ2v) is 8.15. The number of hydrogen-bond acceptors (Lipinski definition) is 3. The van der Waals surface area contributed by atoms with Gasteiger partial charge in [0.05, 0.1) is 28.4 Å². The normalized spacial score (nSPS) is 13.5. The van der Waals surface area contributed by atoms with Crippen LogP contribution in [0.1, 0.15) is 37.4 Å². The molecule has 0 fully saturated rings. The molecule has 1 atom stereocenters. The van der Waals surface area contributed by atoms with E-state index < -0.39 is 10.0 Å². The molecule has 0 spiro atoms. The summed E-state index contributed by atoms with van der Waals surface area (Å²) >= 11 is 6.05. The molecule has 1 heterocycles. The van der Waals surface area contributed by atoms with Crippen LogP contribution in [0.25, 0.3) is 0 Å². The van der Waals surface area contributed by atoms with Gasteiger partial charge in [-0.2, -0.15) is 9.40 Å². The molecule has 126 valence electrons. The third-order valence-corrected chi connectivity index (χ3v) is 6.29. The minimum absolute atomic E-state index is 0.171. The van der Waals surface area contributed by atoms with Crippen LogP contribution in [0.4, 0.5) is 0 Å². The SMILES string of the molecule is CC[C@H](C)c1ccc(S(=O)(=O)N(C)Cc2c(Cl)cnn2C)cc1. The van der Waals surface area contributed by atoms with E-state index >= 15 is 0 Å². The van der Waals surface area contributed by atoms with Crippen LogP contribution in [0.5, 0.6) is 0 Å². The third-order valence-electron chi connectivity index (χ3n) is 4.15. The predicted molar refractivity (Wildman–Crippen MR) is 92.0 cm³/mol. The summed E-state index contributed by atoms with van der Waals surface area (Å²) in [6.07, 6.45) is 2.53. The van der Waals surface area contributed by atoms with Gasteiger partial charge in [0, 0.05) is 14.1 Å². The van der Waals surface area contributed by atoms with E-state index in [9.17, 15) is 8.42 Å². The van der Waals surface area contributed by atoms with Gasteiger partial charge < -0.3 is 0 Å². The van der Waals surface area contributed by atoms with Gasteiger partial charge in [-0.05, 0) is 30.0 Å². The summed E-state index contributed by atoms with van der Waals surface area (Å²) in [5.41, 5.74) is 1.80. The first-order valence-electron chi connectivity index (χ1n) is 7.50. The van der Waals surface area contributed by atoms with Gasteiger partial charge in [0.15, 0.2) is 0 Å². The largest absolute Gasteiger partial charge is 0.270 e. The van der Waals surface area contributed by atoms with Crippen LogP contribution in [-0.4, -0.2) is 29.6 Å². The summed E-state index contributed by atoms with van der Waals surface area (Å²) in [5.74, 6) is 0.415. The van der Waals surface area contributed by atoms with E-state index in [4.69, 9.17) is 11.6 Å². The second-order valence-electron chi connectivity index (χ2n) is 5.70. The average Bonchev–Trinajstić information content (AvgIpc) is 2.86. The smallest absolute Gasteiger partial charge is 0.243 e. The lowest BCUT2D eigenvalue weighted by atomic mass is 9.99. The molecule has 0 saturated heterocycles. The highest BCUT2D eigenvalue weighted by Gasteiger charge is 2.23. The van der Waals surface area contributed by atoms with E-state index in [0.29, 0.717) is 16.6 Å². The average molecular weight is 356 g/mol. The number of aromatic nitrogens is 2. The van der Waals surface area contributed by atoms with Crippen molar-refractivity contribution in [1.29, 1.82) is 0 Å². The fraction of sp³-hybridized carbons (Fsp3) is 0.438. The number of sulfonamides is 1. The Morgan fingerprint density at radius 2 is 1.91 bits per heavy atom. The quantitative estimate of drug-likeness (QED) is 0.797. The van der Waals surface area contributed by atoms with Crippen molar-refractivity contribution in [3.05, 3.63) is 46.7 Å². The number of halogens is 1. The molecule has 7 heteroatoms. The van der Waals surface area contributed by atoms with E-state index in [-0.39, 0.29) is 11.4 Å². The zero-order valence-electron chi connectivity index (χ0n) is 13.8. The predicted octanol–water partition coefficient (Wildman–Crippen LogP) is 3.41. The lowest BCUT2D eigenvalue weighted by Crippen LogP contribution is -2.27. The zero-order valence-corrected chi connectivity index (χ0v) is 15.4. The van der Waals surface area contributed by atoms with Crippen molar-refractivity contribution < 1.29 is 8.42 Å². The number of aryl methyl sites for hydroxylation is 1. The molecule has 1 aromatic heterocycles. The van der Waals surface area contributed by atoms with Crippen molar-refractivity contribution in [2.45, 2.75) is 37.6 Å². The summed E-state index contributed by atoms with van der Waals surface area (Å²) in [6.45, 7) is 4.41. The van der Waals surface area contributed by atoms with Crippen LogP contribution in [0.15, 0.2) is 35.4 Å². The van der Waals surface area contributed by atoms with E-state index in [2.05, 4.69) is 18.9 Å². The molecule has 0 bridgehead atoms. The molecule has 0 radical (unpaired) electrons. The van der Waals surface area contributed by atoms with Crippen molar-refractivity contribution in [3.63, 3.8) is 0 Å². The van der Waals surface area contributed by atoms with Crippen molar-refractivity contribution in [1.82, 2.24) is 14.1 Å². The summed E-state index contributed by atoms with van der Waals surface area (Å²) in [5, 5.41) is 4.49. The molecule has 0 aliphatic rings. The molecule has 2 aromatic rings. The van der Waals surface area contributed by atoms with Gasteiger partial charge in [0.25, 0.3) is 0 Å². The molecular weight excluding hydrogens is 334 g/mol. The topological polar surface area (TPSA) is 55.2 Å². The van der Waals surface area contributed by atoms with Gasteiger partial charge in [-0.25, -0.2) is 8.42 Å². The Morgan fingerprint density at radius 3 is 2.39 bits per heavy atom. The highest BCUT2D eigenvalue weighted by atomic mass is 35.5. The standard InChI is InChI=1S/C16H22ClN3O2S/c1-5-12(2)13-6-8-14(9-7-13)23(21,22)19(3)11-16-15(17)10-18-20(16)4/h6-10,12H,5,11H2,1-4H3/t12-/m0/s1. The molecule has 0 amide bonds. The van der Waals surface area contributed by atoms with Gasteiger partial charge in [-0.3, -0.25) is 4.68 Å². The molecule has 0 N–H and O–H groups in total. The van der Waals surface area contributed by atoms with E-state index in [1.165, 1.54) is 10.5 Å². The fourth-order valence-corrected chi connectivity index (χ4v) is 3.65. The van der Waals surface area contributed by atoms with Gasteiger partial charge in [-0.1, -0.05) is 37.6 Å². The molecule has 0 saturated carbocycles. The second kappa shape index (κ2) is 7.03. The molecule has 23 heavy (non-hydrogen) atoms. The fourth-order valence-electron chi connectivity index (χ4n) is 2.29. The van der Waals surface area contributed by atoms with Crippen LogP contribution in [0.2, 0.25) is 5.02 Å². The zero-order chi connectivity index (χ0) is 17.2. The van der Waals surface area contributed by atoms with Crippen LogP contribution < -0.4 is 0 Å². The van der Waals surface area contributed by atoms with E-state index in [1.807, 2.05) is 12.1 Å².